The van der Waals surface area contributed by atoms with Gasteiger partial charge in [0.2, 0.25) is 0 Å². The Kier molecular flexibility index (Phi) is 6.32. The van der Waals surface area contributed by atoms with Crippen LogP contribution in [0.3, 0.4) is 0 Å². The third-order valence-corrected chi connectivity index (χ3v) is 7.85. The van der Waals surface area contributed by atoms with Gasteiger partial charge in [0.1, 0.15) is 0 Å². The topological polar surface area (TPSA) is 35.6 Å². The van der Waals surface area contributed by atoms with E-state index in [4.69, 9.17) is 0 Å². The summed E-state index contributed by atoms with van der Waals surface area (Å²) < 4.78 is 0. The second kappa shape index (κ2) is 7.75. The molecule has 1 N–H and O–H groups in total. The molecule has 0 aromatic rings. The van der Waals surface area contributed by atoms with Crippen molar-refractivity contribution in [3.05, 3.63) is 0 Å². The Labute approximate surface area is 119 Å². The van der Waals surface area contributed by atoms with Crippen molar-refractivity contribution in [3.63, 3.8) is 0 Å². The van der Waals surface area contributed by atoms with E-state index in [-0.39, 0.29) is 0 Å². The fraction of sp³-hybridized carbons (Fsp3) is 0.917. The van der Waals surface area contributed by atoms with Gasteiger partial charge in [0.15, 0.2) is 0 Å². The molecule has 104 valence electrons. The molecule has 0 aromatic heterocycles. The molecule has 6 heteroatoms. The van der Waals surface area contributed by atoms with Gasteiger partial charge >= 0.3 is 120 Å². The molecule has 2 rings (SSSR count). The van der Waals surface area contributed by atoms with Crippen LogP contribution in [0.2, 0.25) is 5.32 Å². The van der Waals surface area contributed by atoms with Crippen molar-refractivity contribution in [3.8, 4) is 0 Å². The zero-order valence-corrected chi connectivity index (χ0v) is 13.6. The Bertz CT molecular complexity index is 266. The summed E-state index contributed by atoms with van der Waals surface area (Å²) in [4.78, 5) is 16.3. The first kappa shape index (κ1) is 14.7. The summed E-state index contributed by atoms with van der Waals surface area (Å²) in [5.74, 6) is 1.56. The van der Waals surface area contributed by atoms with Gasteiger partial charge in [-0.05, 0) is 0 Å². The van der Waals surface area contributed by atoms with Crippen LogP contribution in [0.5, 0.6) is 0 Å². The molecule has 0 spiro atoms. The van der Waals surface area contributed by atoms with Gasteiger partial charge in [-0.25, -0.2) is 0 Å². The van der Waals surface area contributed by atoms with Crippen molar-refractivity contribution in [1.82, 2.24) is 15.1 Å². The van der Waals surface area contributed by atoms with Gasteiger partial charge in [-0.15, -0.1) is 0 Å². The fourth-order valence-electron chi connectivity index (χ4n) is 2.22. The van der Waals surface area contributed by atoms with Crippen LogP contribution in [0.1, 0.15) is 12.8 Å². The quantitative estimate of drug-likeness (QED) is 0.749. The van der Waals surface area contributed by atoms with Gasteiger partial charge in [0, 0.05) is 0 Å². The number of carbonyl (C=O) groups excluding carboxylic acids is 1. The van der Waals surface area contributed by atoms with Crippen molar-refractivity contribution >= 4 is 29.9 Å². The molecule has 0 unspecified atom stereocenters. The number of likely N-dealkylation sites (N-methyl/N-ethyl adjacent to an activating group) is 1. The molecule has 2 aliphatic heterocycles. The average molecular weight is 336 g/mol. The zero-order valence-electron chi connectivity index (χ0n) is 11.1. The molecule has 0 aromatic carbocycles. The van der Waals surface area contributed by atoms with Crippen LogP contribution in [0, 0.1) is 0 Å². The Morgan fingerprint density at radius 2 is 2.17 bits per heavy atom. The normalized spacial score (nSPS) is 26.3. The van der Waals surface area contributed by atoms with E-state index in [0.29, 0.717) is 18.4 Å². The summed E-state index contributed by atoms with van der Waals surface area (Å²) in [5.41, 5.74) is 0. The molecule has 1 amide bonds. The Hall–Kier alpha value is 0.259. The summed E-state index contributed by atoms with van der Waals surface area (Å²) in [6, 6.07) is 0.644. The van der Waals surface area contributed by atoms with E-state index in [9.17, 15) is 4.79 Å². The number of nitrogens with one attached hydrogen (secondary N) is 1. The van der Waals surface area contributed by atoms with E-state index < -0.39 is 0 Å². The van der Waals surface area contributed by atoms with E-state index in [0.717, 1.165) is 46.6 Å². The van der Waals surface area contributed by atoms with Crippen LogP contribution in [-0.4, -0.2) is 81.1 Å². The van der Waals surface area contributed by atoms with Gasteiger partial charge in [-0.2, -0.15) is 0 Å². The predicted octanol–water partition coefficient (Wildman–Crippen LogP) is 0.283. The molecule has 2 aliphatic rings. The van der Waals surface area contributed by atoms with E-state index >= 15 is 0 Å². The van der Waals surface area contributed by atoms with E-state index in [1.807, 2.05) is 4.90 Å². The Morgan fingerprint density at radius 3 is 2.83 bits per heavy atom. The fourth-order valence-corrected chi connectivity index (χ4v) is 6.56. The second-order valence-electron chi connectivity index (χ2n) is 4.98. The van der Waals surface area contributed by atoms with Crippen molar-refractivity contribution in [2.24, 2.45) is 0 Å². The first-order chi connectivity index (χ1) is 8.75. The van der Waals surface area contributed by atoms with Gasteiger partial charge < -0.3 is 0 Å². The summed E-state index contributed by atoms with van der Waals surface area (Å²) in [6.07, 6.45) is 1.96. The number of hydrogen-bond donors (Lipinski definition) is 1. The van der Waals surface area contributed by atoms with Crippen molar-refractivity contribution in [1.29, 1.82) is 0 Å². The average Bonchev–Trinajstić information content (AvgIpc) is 2.40. The van der Waals surface area contributed by atoms with Crippen molar-refractivity contribution < 1.29 is 4.79 Å². The first-order valence-electron chi connectivity index (χ1n) is 6.70. The molecule has 1 atom stereocenters. The van der Waals surface area contributed by atoms with Gasteiger partial charge in [0.25, 0.3) is 0 Å². The van der Waals surface area contributed by atoms with Crippen LogP contribution >= 0.6 is 10.2 Å². The van der Waals surface area contributed by atoms with E-state index in [1.165, 1.54) is 17.5 Å². The summed E-state index contributed by atoms with van der Waals surface area (Å²) in [5, 5.41) is 4.91. The maximum absolute atomic E-state index is 12.0. The van der Waals surface area contributed by atoms with Crippen molar-refractivity contribution in [2.45, 2.75) is 24.2 Å². The third-order valence-electron chi connectivity index (χ3n) is 3.53. The minimum atomic E-state index is 0.322. The zero-order chi connectivity index (χ0) is 12.8. The molecule has 0 saturated carbocycles. The standard InChI is InChI=1S/C12H23N3OSSe/c1-14-5-7-15(8-6-14)12(16)2-4-13-11-3-9-18-17-10-11/h11,13H,2-10H2,1H3/t11-/m0/s1. The Balaban J connectivity index is 1.59. The number of amides is 1. The monoisotopic (exact) mass is 337 g/mol. The molecule has 2 heterocycles. The Morgan fingerprint density at radius 1 is 1.39 bits per heavy atom. The summed E-state index contributed by atoms with van der Waals surface area (Å²) in [7, 11) is 4.21. The molecule has 0 radical (unpaired) electrons. The number of piperazine rings is 1. The molecule has 0 bridgehead atoms. The molecule has 18 heavy (non-hydrogen) atoms. The predicted molar refractivity (Wildman–Crippen MR) is 78.1 cm³/mol. The SMILES string of the molecule is CN1CCN(C(=O)CCN[C@H]2CC[Se]SC2)CC1. The molecule has 4 nitrogen and oxygen atoms in total. The third kappa shape index (κ3) is 4.74. The van der Waals surface area contributed by atoms with Crippen LogP contribution in [0.25, 0.3) is 0 Å². The van der Waals surface area contributed by atoms with Crippen LogP contribution in [0.4, 0.5) is 0 Å². The number of rotatable bonds is 4. The molecule has 2 saturated heterocycles. The summed E-state index contributed by atoms with van der Waals surface area (Å²) >= 11 is 0.813. The number of hydrogen-bond acceptors (Lipinski definition) is 4. The molecular weight excluding hydrogens is 313 g/mol. The van der Waals surface area contributed by atoms with E-state index in [2.05, 4.69) is 27.4 Å². The van der Waals surface area contributed by atoms with Gasteiger partial charge in [-0.3, -0.25) is 0 Å². The van der Waals surface area contributed by atoms with Crippen LogP contribution in [0.15, 0.2) is 0 Å². The first-order valence-corrected chi connectivity index (χ1v) is 10.9. The molecular formula is C12H23N3OSSe. The van der Waals surface area contributed by atoms with Crippen molar-refractivity contribution in [2.75, 3.05) is 45.5 Å². The van der Waals surface area contributed by atoms with E-state index in [1.54, 1.807) is 0 Å². The van der Waals surface area contributed by atoms with Gasteiger partial charge in [0.05, 0.1) is 0 Å². The number of carbonyl (C=O) groups is 1. The van der Waals surface area contributed by atoms with Crippen LogP contribution in [-0.2, 0) is 4.79 Å². The van der Waals surface area contributed by atoms with Gasteiger partial charge in [-0.1, -0.05) is 0 Å². The number of nitrogens with zero attached hydrogens (tertiary/aromatic N) is 2. The van der Waals surface area contributed by atoms with Crippen LogP contribution < -0.4 is 5.32 Å². The maximum atomic E-state index is 12.0. The second-order valence-corrected chi connectivity index (χ2v) is 9.61. The molecule has 0 aliphatic carbocycles. The minimum absolute atomic E-state index is 0.322. The molecule has 2 fully saturated rings. The summed E-state index contributed by atoms with van der Waals surface area (Å²) in [6.45, 7) is 4.68.